The summed E-state index contributed by atoms with van der Waals surface area (Å²) in [7, 11) is 0. The molecule has 0 fully saturated rings. The predicted molar refractivity (Wildman–Crippen MR) is 66.7 cm³/mol. The Morgan fingerprint density at radius 1 is 0.864 bits per heavy atom. The van der Waals surface area contributed by atoms with E-state index < -0.39 is 41.3 Å². The third-order valence-electron chi connectivity index (χ3n) is 2.68. The van der Waals surface area contributed by atoms with E-state index in [4.69, 9.17) is 5.11 Å². The molecule has 0 aliphatic carbocycles. The van der Waals surface area contributed by atoms with Gasteiger partial charge in [-0.15, -0.1) is 0 Å². The minimum absolute atomic E-state index is 0.0273. The number of aromatic hydroxyl groups is 1. The molecule has 0 aromatic heterocycles. The highest BCUT2D eigenvalue weighted by atomic mass is 19.2. The van der Waals surface area contributed by atoms with Crippen LogP contribution in [0, 0.1) is 29.1 Å². The van der Waals surface area contributed by atoms with Gasteiger partial charge in [-0.1, -0.05) is 5.16 Å². The molecule has 0 spiro atoms. The molecule has 2 aromatic carbocycles. The molecule has 3 nitrogen and oxygen atoms in total. The molecule has 0 saturated carbocycles. The van der Waals surface area contributed by atoms with Crippen molar-refractivity contribution in [1.82, 2.24) is 0 Å². The van der Waals surface area contributed by atoms with E-state index in [0.29, 0.717) is 5.56 Å². The van der Waals surface area contributed by atoms with Crippen molar-refractivity contribution in [3.05, 3.63) is 64.5 Å². The zero-order chi connectivity index (χ0) is 16.3. The van der Waals surface area contributed by atoms with E-state index in [1.807, 2.05) is 0 Å². The Balaban J connectivity index is 2.11. The molecule has 0 radical (unpaired) electrons. The minimum Gasteiger partial charge on any atom is -0.508 e. The first-order valence-corrected chi connectivity index (χ1v) is 5.86. The SMILES string of the molecule is Oc1ccc(/C=N/OCc2c(F)c(F)c(F)c(F)c2F)cc1. The molecular formula is C14H8F5NO2. The Kier molecular flexibility index (Phi) is 4.59. The highest BCUT2D eigenvalue weighted by Crippen LogP contribution is 2.23. The second-order valence-electron chi connectivity index (χ2n) is 4.15. The van der Waals surface area contributed by atoms with Crippen LogP contribution in [0.1, 0.15) is 11.1 Å². The van der Waals surface area contributed by atoms with Gasteiger partial charge < -0.3 is 9.94 Å². The van der Waals surface area contributed by atoms with Crippen LogP contribution in [-0.4, -0.2) is 11.3 Å². The number of hydrogen-bond donors (Lipinski definition) is 1. The molecule has 1 N–H and O–H groups in total. The average Bonchev–Trinajstić information content (AvgIpc) is 2.52. The fraction of sp³-hybridized carbons (Fsp3) is 0.0714. The van der Waals surface area contributed by atoms with Crippen molar-refractivity contribution in [2.45, 2.75) is 6.61 Å². The van der Waals surface area contributed by atoms with E-state index in [-0.39, 0.29) is 5.75 Å². The number of rotatable bonds is 4. The zero-order valence-corrected chi connectivity index (χ0v) is 10.8. The number of nitrogens with zero attached hydrogens (tertiary/aromatic N) is 1. The lowest BCUT2D eigenvalue weighted by molar-refractivity contribution is 0.124. The summed E-state index contributed by atoms with van der Waals surface area (Å²) in [5.74, 6) is -10.2. The van der Waals surface area contributed by atoms with Crippen LogP contribution in [-0.2, 0) is 11.4 Å². The number of halogens is 5. The topological polar surface area (TPSA) is 41.8 Å². The molecule has 0 atom stereocenters. The maximum absolute atomic E-state index is 13.3. The first-order valence-electron chi connectivity index (χ1n) is 5.86. The van der Waals surface area contributed by atoms with Crippen molar-refractivity contribution in [2.24, 2.45) is 5.16 Å². The second kappa shape index (κ2) is 6.42. The Bertz CT molecular complexity index is 687. The first-order chi connectivity index (χ1) is 10.4. The average molecular weight is 317 g/mol. The quantitative estimate of drug-likeness (QED) is 0.307. The third-order valence-corrected chi connectivity index (χ3v) is 2.68. The highest BCUT2D eigenvalue weighted by Gasteiger charge is 2.25. The summed E-state index contributed by atoms with van der Waals surface area (Å²) in [6.45, 7) is -0.930. The van der Waals surface area contributed by atoms with Crippen molar-refractivity contribution in [2.75, 3.05) is 0 Å². The summed E-state index contributed by atoms with van der Waals surface area (Å²) < 4.78 is 65.3. The van der Waals surface area contributed by atoms with Gasteiger partial charge in [0.05, 0.1) is 11.8 Å². The van der Waals surface area contributed by atoms with E-state index in [9.17, 15) is 22.0 Å². The van der Waals surface area contributed by atoms with Gasteiger partial charge in [0.15, 0.2) is 23.3 Å². The number of oxime groups is 1. The third kappa shape index (κ3) is 3.16. The molecule has 0 amide bonds. The molecule has 2 rings (SSSR count). The van der Waals surface area contributed by atoms with Crippen molar-refractivity contribution >= 4 is 6.21 Å². The monoisotopic (exact) mass is 317 g/mol. The van der Waals surface area contributed by atoms with Gasteiger partial charge in [-0.2, -0.15) is 0 Å². The zero-order valence-electron chi connectivity index (χ0n) is 10.8. The van der Waals surface area contributed by atoms with Gasteiger partial charge in [-0.05, 0) is 29.8 Å². The number of benzene rings is 2. The normalized spacial score (nSPS) is 11.1. The van der Waals surface area contributed by atoms with E-state index in [0.717, 1.165) is 6.21 Å². The van der Waals surface area contributed by atoms with Crippen LogP contribution in [0.2, 0.25) is 0 Å². The maximum Gasteiger partial charge on any atom is 0.200 e. The highest BCUT2D eigenvalue weighted by molar-refractivity contribution is 5.79. The molecule has 116 valence electrons. The Hall–Kier alpha value is -2.64. The second-order valence-corrected chi connectivity index (χ2v) is 4.15. The summed E-state index contributed by atoms with van der Waals surface area (Å²) in [6, 6.07) is 5.68. The smallest absolute Gasteiger partial charge is 0.200 e. The molecule has 8 heteroatoms. The number of phenolic OH excluding ortho intramolecular Hbond substituents is 1. The molecule has 22 heavy (non-hydrogen) atoms. The maximum atomic E-state index is 13.3. The van der Waals surface area contributed by atoms with E-state index in [2.05, 4.69) is 9.99 Å². The van der Waals surface area contributed by atoms with Gasteiger partial charge >= 0.3 is 0 Å². The number of phenols is 1. The lowest BCUT2D eigenvalue weighted by Gasteiger charge is -2.06. The van der Waals surface area contributed by atoms with Gasteiger partial charge in [0.25, 0.3) is 0 Å². The van der Waals surface area contributed by atoms with E-state index >= 15 is 0 Å². The van der Waals surface area contributed by atoms with Gasteiger partial charge in [0, 0.05) is 0 Å². The molecular weight excluding hydrogens is 309 g/mol. The first kappa shape index (κ1) is 15.7. The van der Waals surface area contributed by atoms with E-state index in [1.165, 1.54) is 24.3 Å². The summed E-state index contributed by atoms with van der Waals surface area (Å²) >= 11 is 0. The van der Waals surface area contributed by atoms with Crippen LogP contribution in [0.25, 0.3) is 0 Å². The number of hydrogen-bond acceptors (Lipinski definition) is 3. The molecule has 0 heterocycles. The van der Waals surface area contributed by atoms with Gasteiger partial charge in [-0.25, -0.2) is 22.0 Å². The van der Waals surface area contributed by atoms with Crippen molar-refractivity contribution < 1.29 is 31.9 Å². The molecule has 2 aromatic rings. The molecule has 0 bridgehead atoms. The van der Waals surface area contributed by atoms with Gasteiger partial charge in [-0.3, -0.25) is 0 Å². The largest absolute Gasteiger partial charge is 0.508 e. The van der Waals surface area contributed by atoms with Gasteiger partial charge in [0.1, 0.15) is 12.4 Å². The Morgan fingerprint density at radius 3 is 1.91 bits per heavy atom. The lowest BCUT2D eigenvalue weighted by Crippen LogP contribution is -2.07. The predicted octanol–water partition coefficient (Wildman–Crippen LogP) is 3.64. The van der Waals surface area contributed by atoms with Crippen LogP contribution in [0.4, 0.5) is 22.0 Å². The van der Waals surface area contributed by atoms with Crippen LogP contribution >= 0.6 is 0 Å². The van der Waals surface area contributed by atoms with Crippen molar-refractivity contribution in [1.29, 1.82) is 0 Å². The fourth-order valence-corrected chi connectivity index (χ4v) is 1.54. The summed E-state index contributed by atoms with van der Waals surface area (Å²) in [6.07, 6.45) is 1.14. The molecule has 0 unspecified atom stereocenters. The summed E-state index contributed by atoms with van der Waals surface area (Å²) in [5.41, 5.74) is -0.616. The van der Waals surface area contributed by atoms with Crippen LogP contribution in [0.3, 0.4) is 0 Å². The van der Waals surface area contributed by atoms with Crippen LogP contribution in [0.15, 0.2) is 29.4 Å². The van der Waals surface area contributed by atoms with Crippen molar-refractivity contribution in [3.8, 4) is 5.75 Å². The Morgan fingerprint density at radius 2 is 1.36 bits per heavy atom. The molecule has 0 saturated heterocycles. The standard InChI is InChI=1S/C14H8F5NO2/c15-10-9(11(16)13(18)14(19)12(10)17)6-22-20-5-7-1-3-8(21)4-2-7/h1-5,21H,6H2/b20-5+. The fourth-order valence-electron chi connectivity index (χ4n) is 1.54. The van der Waals surface area contributed by atoms with Crippen LogP contribution in [0.5, 0.6) is 5.75 Å². The lowest BCUT2D eigenvalue weighted by atomic mass is 10.2. The molecule has 0 aliphatic heterocycles. The summed E-state index contributed by atoms with van der Waals surface area (Å²) in [4.78, 5) is 4.54. The molecule has 0 aliphatic rings. The van der Waals surface area contributed by atoms with Crippen LogP contribution < -0.4 is 0 Å². The van der Waals surface area contributed by atoms with Crippen molar-refractivity contribution in [3.63, 3.8) is 0 Å². The Labute approximate surface area is 121 Å². The van der Waals surface area contributed by atoms with E-state index in [1.54, 1.807) is 0 Å². The minimum atomic E-state index is -2.23. The summed E-state index contributed by atoms with van der Waals surface area (Å²) in [5, 5.41) is 12.4. The van der Waals surface area contributed by atoms with Gasteiger partial charge in [0.2, 0.25) is 5.82 Å².